The number of benzene rings is 1. The Morgan fingerprint density at radius 3 is 2.35 bits per heavy atom. The fraction of sp³-hybridized carbons (Fsp3) is 0.438. The fourth-order valence-electron chi connectivity index (χ4n) is 1.89. The van der Waals surface area contributed by atoms with Gasteiger partial charge in [-0.3, -0.25) is 4.79 Å². The molecule has 0 aliphatic rings. The SMILES string of the molecule is CNc1ccccc1C(=O)CC(NC(=O)OC(C)(C)C)C(=O)O. The van der Waals surface area contributed by atoms with Gasteiger partial charge in [0.2, 0.25) is 0 Å². The maximum Gasteiger partial charge on any atom is 0.408 e. The van der Waals surface area contributed by atoms with Crippen LogP contribution in [-0.4, -0.2) is 41.6 Å². The summed E-state index contributed by atoms with van der Waals surface area (Å²) < 4.78 is 5.01. The minimum absolute atomic E-state index is 0.368. The maximum absolute atomic E-state index is 12.3. The summed E-state index contributed by atoms with van der Waals surface area (Å²) in [5.74, 6) is -1.69. The third-order valence-corrected chi connectivity index (χ3v) is 2.88. The second-order valence-corrected chi connectivity index (χ2v) is 5.96. The first-order valence-electron chi connectivity index (χ1n) is 7.16. The average Bonchev–Trinajstić information content (AvgIpc) is 2.44. The monoisotopic (exact) mass is 322 g/mol. The molecule has 0 aliphatic heterocycles. The summed E-state index contributed by atoms with van der Waals surface area (Å²) in [6, 6.07) is 5.40. The molecule has 3 N–H and O–H groups in total. The highest BCUT2D eigenvalue weighted by atomic mass is 16.6. The Kier molecular flexibility index (Phi) is 6.12. The van der Waals surface area contributed by atoms with Gasteiger partial charge in [-0.05, 0) is 32.9 Å². The molecule has 7 nitrogen and oxygen atoms in total. The number of alkyl carbamates (subject to hydrolysis) is 1. The van der Waals surface area contributed by atoms with E-state index in [9.17, 15) is 19.5 Å². The number of nitrogens with one attached hydrogen (secondary N) is 2. The van der Waals surface area contributed by atoms with Crippen molar-refractivity contribution in [2.45, 2.75) is 38.8 Å². The highest BCUT2D eigenvalue weighted by Crippen LogP contribution is 2.17. The summed E-state index contributed by atoms with van der Waals surface area (Å²) in [6.45, 7) is 4.99. The van der Waals surface area contributed by atoms with Crippen molar-refractivity contribution in [3.05, 3.63) is 29.8 Å². The van der Waals surface area contributed by atoms with Gasteiger partial charge in [0.15, 0.2) is 5.78 Å². The van der Waals surface area contributed by atoms with Gasteiger partial charge in [-0.25, -0.2) is 9.59 Å². The van der Waals surface area contributed by atoms with Crippen LogP contribution in [0.2, 0.25) is 0 Å². The second-order valence-electron chi connectivity index (χ2n) is 5.96. The lowest BCUT2D eigenvalue weighted by Crippen LogP contribution is -2.44. The normalized spacial score (nSPS) is 12.2. The van der Waals surface area contributed by atoms with Crippen LogP contribution in [0.3, 0.4) is 0 Å². The molecule has 0 aromatic heterocycles. The van der Waals surface area contributed by atoms with Gasteiger partial charge < -0.3 is 20.5 Å². The average molecular weight is 322 g/mol. The van der Waals surface area contributed by atoms with Crippen LogP contribution in [0.1, 0.15) is 37.6 Å². The molecule has 7 heteroatoms. The lowest BCUT2D eigenvalue weighted by Gasteiger charge is -2.22. The molecule has 0 bridgehead atoms. The van der Waals surface area contributed by atoms with Crippen LogP contribution >= 0.6 is 0 Å². The zero-order valence-corrected chi connectivity index (χ0v) is 13.7. The Bertz CT molecular complexity index is 592. The number of carbonyl (C=O) groups is 3. The molecule has 0 fully saturated rings. The number of ketones is 1. The molecular weight excluding hydrogens is 300 g/mol. The Balaban J connectivity index is 2.82. The first-order chi connectivity index (χ1) is 10.6. The lowest BCUT2D eigenvalue weighted by atomic mass is 10.0. The number of ether oxygens (including phenoxy) is 1. The number of para-hydroxylation sites is 1. The van der Waals surface area contributed by atoms with Crippen LogP contribution in [0, 0.1) is 0 Å². The van der Waals surface area contributed by atoms with Gasteiger partial charge >= 0.3 is 12.1 Å². The Labute approximate surface area is 135 Å². The number of carboxylic acids is 1. The molecular formula is C16H22N2O5. The largest absolute Gasteiger partial charge is 0.480 e. The fourth-order valence-corrected chi connectivity index (χ4v) is 1.89. The van der Waals surface area contributed by atoms with Crippen molar-refractivity contribution in [2.75, 3.05) is 12.4 Å². The Morgan fingerprint density at radius 1 is 1.22 bits per heavy atom. The molecule has 0 saturated heterocycles. The molecule has 23 heavy (non-hydrogen) atoms. The number of anilines is 1. The first kappa shape index (κ1) is 18.5. The van der Waals surface area contributed by atoms with Gasteiger partial charge in [-0.15, -0.1) is 0 Å². The van der Waals surface area contributed by atoms with Crippen LogP contribution in [0.25, 0.3) is 0 Å². The zero-order valence-electron chi connectivity index (χ0n) is 13.7. The zero-order chi connectivity index (χ0) is 17.6. The van der Waals surface area contributed by atoms with Crippen LogP contribution in [0.4, 0.5) is 10.5 Å². The van der Waals surface area contributed by atoms with Crippen LogP contribution < -0.4 is 10.6 Å². The van der Waals surface area contributed by atoms with E-state index in [1.54, 1.807) is 52.1 Å². The van der Waals surface area contributed by atoms with Crippen molar-refractivity contribution < 1.29 is 24.2 Å². The number of carbonyl (C=O) groups excluding carboxylic acids is 2. The summed E-state index contributed by atoms with van der Waals surface area (Å²) in [4.78, 5) is 35.3. The predicted octanol–water partition coefficient (Wildman–Crippen LogP) is 2.28. The molecule has 1 atom stereocenters. The van der Waals surface area contributed by atoms with Gasteiger partial charge in [-0.1, -0.05) is 12.1 Å². The molecule has 0 spiro atoms. The van der Waals surface area contributed by atoms with E-state index in [4.69, 9.17) is 4.74 Å². The van der Waals surface area contributed by atoms with E-state index in [-0.39, 0.29) is 6.42 Å². The predicted molar refractivity (Wildman–Crippen MR) is 85.7 cm³/mol. The van der Waals surface area contributed by atoms with Crippen molar-refractivity contribution in [3.8, 4) is 0 Å². The molecule has 0 saturated carbocycles. The third kappa shape index (κ3) is 5.98. The van der Waals surface area contributed by atoms with Crippen LogP contribution in [0.5, 0.6) is 0 Å². The van der Waals surface area contributed by atoms with Gasteiger partial charge in [0.1, 0.15) is 11.6 Å². The van der Waals surface area contributed by atoms with Crippen LogP contribution in [-0.2, 0) is 9.53 Å². The number of rotatable bonds is 6. The molecule has 0 aliphatic carbocycles. The molecule has 1 aromatic carbocycles. The minimum Gasteiger partial charge on any atom is -0.480 e. The van der Waals surface area contributed by atoms with Crippen LogP contribution in [0.15, 0.2) is 24.3 Å². The third-order valence-electron chi connectivity index (χ3n) is 2.88. The second kappa shape index (κ2) is 7.62. The summed E-state index contributed by atoms with van der Waals surface area (Å²) in [6.07, 6.45) is -1.24. The van der Waals surface area contributed by atoms with E-state index in [0.717, 1.165) is 0 Å². The van der Waals surface area contributed by atoms with Crippen molar-refractivity contribution in [2.24, 2.45) is 0 Å². The summed E-state index contributed by atoms with van der Waals surface area (Å²) in [5.41, 5.74) is 0.210. The molecule has 126 valence electrons. The number of Topliss-reactive ketones (excluding diaryl/α,β-unsaturated/α-hetero) is 1. The van der Waals surface area contributed by atoms with E-state index in [2.05, 4.69) is 10.6 Å². The van der Waals surface area contributed by atoms with E-state index >= 15 is 0 Å². The van der Waals surface area contributed by atoms with E-state index in [1.807, 2.05) is 0 Å². The molecule has 1 amide bonds. The van der Waals surface area contributed by atoms with Gasteiger partial charge in [-0.2, -0.15) is 0 Å². The van der Waals surface area contributed by atoms with Gasteiger partial charge in [0.05, 0.1) is 0 Å². The number of hydrogen-bond donors (Lipinski definition) is 3. The topological polar surface area (TPSA) is 105 Å². The van der Waals surface area contributed by atoms with E-state index in [1.165, 1.54) is 0 Å². The van der Waals surface area contributed by atoms with Gasteiger partial charge in [0, 0.05) is 24.7 Å². The summed E-state index contributed by atoms with van der Waals surface area (Å²) in [7, 11) is 1.67. The maximum atomic E-state index is 12.3. The van der Waals surface area contributed by atoms with Crippen molar-refractivity contribution in [1.82, 2.24) is 5.32 Å². The van der Waals surface area contributed by atoms with Gasteiger partial charge in [0.25, 0.3) is 0 Å². The number of aliphatic carboxylic acids is 1. The molecule has 0 heterocycles. The lowest BCUT2D eigenvalue weighted by molar-refractivity contribution is -0.139. The number of carboxylic acid groups (broad SMARTS) is 1. The number of amides is 1. The van der Waals surface area contributed by atoms with Crippen molar-refractivity contribution in [3.63, 3.8) is 0 Å². The Hall–Kier alpha value is -2.57. The van der Waals surface area contributed by atoms with E-state index in [0.29, 0.717) is 11.3 Å². The smallest absolute Gasteiger partial charge is 0.408 e. The number of hydrogen-bond acceptors (Lipinski definition) is 5. The Morgan fingerprint density at radius 2 is 1.83 bits per heavy atom. The standard InChI is InChI=1S/C16H22N2O5/c1-16(2,3)23-15(22)18-12(14(20)21)9-13(19)10-7-5-6-8-11(10)17-4/h5-8,12,17H,9H2,1-4H3,(H,18,22)(H,20,21). The first-order valence-corrected chi connectivity index (χ1v) is 7.16. The summed E-state index contributed by atoms with van der Waals surface area (Å²) in [5, 5.41) is 14.3. The molecule has 1 rings (SSSR count). The molecule has 0 radical (unpaired) electrons. The highest BCUT2D eigenvalue weighted by Gasteiger charge is 2.27. The molecule has 1 unspecified atom stereocenters. The van der Waals surface area contributed by atoms with Crippen molar-refractivity contribution >= 4 is 23.5 Å². The van der Waals surface area contributed by atoms with E-state index < -0.39 is 29.5 Å². The molecule has 1 aromatic rings. The summed E-state index contributed by atoms with van der Waals surface area (Å²) >= 11 is 0. The highest BCUT2D eigenvalue weighted by molar-refractivity contribution is 6.03. The van der Waals surface area contributed by atoms with Crippen molar-refractivity contribution in [1.29, 1.82) is 0 Å². The quantitative estimate of drug-likeness (QED) is 0.694. The minimum atomic E-state index is -1.36.